The van der Waals surface area contributed by atoms with Crippen LogP contribution >= 0.6 is 0 Å². The van der Waals surface area contributed by atoms with Gasteiger partial charge in [-0.2, -0.15) is 0 Å². The Kier molecular flexibility index (Phi) is 6.35. The summed E-state index contributed by atoms with van der Waals surface area (Å²) in [5.74, 6) is 2.54. The van der Waals surface area contributed by atoms with E-state index in [1.807, 2.05) is 34.6 Å². The van der Waals surface area contributed by atoms with Gasteiger partial charge in [0.25, 0.3) is 0 Å². The van der Waals surface area contributed by atoms with Crippen molar-refractivity contribution in [2.75, 3.05) is 38.3 Å². The molecule has 2 aromatic heterocycles. The number of aromatic nitrogens is 4. The fourth-order valence-corrected chi connectivity index (χ4v) is 2.94. The second-order valence-electron chi connectivity index (χ2n) is 6.26. The Balaban J connectivity index is 0.00000109. The molecule has 7 heteroatoms. The van der Waals surface area contributed by atoms with Crippen molar-refractivity contribution in [2.45, 2.75) is 53.7 Å². The SMILES string of the molecule is CC.CCn1c(C(C)(C)OC)nc2c(N3CCOCC3)nc(C)nc21. The lowest BCUT2D eigenvalue weighted by Crippen LogP contribution is -2.37. The third-order valence-electron chi connectivity index (χ3n) is 4.36. The zero-order valence-corrected chi connectivity index (χ0v) is 16.6. The highest BCUT2D eigenvalue weighted by atomic mass is 16.5. The molecule has 0 unspecified atom stereocenters. The summed E-state index contributed by atoms with van der Waals surface area (Å²) < 4.78 is 13.2. The molecular formula is C18H31N5O2. The maximum Gasteiger partial charge on any atom is 0.166 e. The first-order chi connectivity index (χ1) is 12.0. The lowest BCUT2D eigenvalue weighted by atomic mass is 10.1. The number of ether oxygens (including phenoxy) is 2. The summed E-state index contributed by atoms with van der Waals surface area (Å²) in [5, 5.41) is 0. The van der Waals surface area contributed by atoms with Crippen molar-refractivity contribution in [3.63, 3.8) is 0 Å². The van der Waals surface area contributed by atoms with Crippen LogP contribution in [-0.2, 0) is 21.6 Å². The molecule has 2 aromatic rings. The maximum atomic E-state index is 5.65. The Bertz CT molecular complexity index is 705. The van der Waals surface area contributed by atoms with E-state index in [1.165, 1.54) is 0 Å². The maximum absolute atomic E-state index is 5.65. The van der Waals surface area contributed by atoms with Crippen molar-refractivity contribution in [1.82, 2.24) is 19.5 Å². The molecule has 0 N–H and O–H groups in total. The molecule has 0 atom stereocenters. The van der Waals surface area contributed by atoms with Gasteiger partial charge in [0.1, 0.15) is 17.2 Å². The van der Waals surface area contributed by atoms with E-state index in [9.17, 15) is 0 Å². The Morgan fingerprint density at radius 2 is 1.76 bits per heavy atom. The van der Waals surface area contributed by atoms with Gasteiger partial charge in [0.15, 0.2) is 17.0 Å². The molecule has 0 aromatic carbocycles. The van der Waals surface area contributed by atoms with Crippen LogP contribution in [0.3, 0.4) is 0 Å². The first-order valence-electron chi connectivity index (χ1n) is 9.11. The summed E-state index contributed by atoms with van der Waals surface area (Å²) in [6.07, 6.45) is 0. The summed E-state index contributed by atoms with van der Waals surface area (Å²) in [7, 11) is 1.71. The zero-order valence-electron chi connectivity index (χ0n) is 16.6. The van der Waals surface area contributed by atoms with Crippen LogP contribution in [0.5, 0.6) is 0 Å². The minimum Gasteiger partial charge on any atom is -0.378 e. The van der Waals surface area contributed by atoms with Crippen LogP contribution in [0.4, 0.5) is 5.82 Å². The number of methoxy groups -OCH3 is 1. The lowest BCUT2D eigenvalue weighted by Gasteiger charge is -2.27. The quantitative estimate of drug-likeness (QED) is 0.846. The molecule has 1 aliphatic heterocycles. The highest BCUT2D eigenvalue weighted by molar-refractivity contribution is 5.84. The van der Waals surface area contributed by atoms with Crippen LogP contribution in [0.15, 0.2) is 0 Å². The molecule has 25 heavy (non-hydrogen) atoms. The number of nitrogens with zero attached hydrogens (tertiary/aromatic N) is 5. The fourth-order valence-electron chi connectivity index (χ4n) is 2.94. The third kappa shape index (κ3) is 3.77. The van der Waals surface area contributed by atoms with Crippen LogP contribution in [0.2, 0.25) is 0 Å². The van der Waals surface area contributed by atoms with Gasteiger partial charge in [-0.15, -0.1) is 0 Å². The van der Waals surface area contributed by atoms with Gasteiger partial charge >= 0.3 is 0 Å². The standard InChI is InChI=1S/C16H25N5O2.C2H6/c1-6-21-14-12(19-15(21)16(3,4)22-5)13(17-11(2)18-14)20-7-9-23-10-8-20;1-2/h6-10H2,1-5H3;1-2H3. The van der Waals surface area contributed by atoms with E-state index in [1.54, 1.807) is 7.11 Å². The normalized spacial score (nSPS) is 15.2. The topological polar surface area (TPSA) is 65.3 Å². The van der Waals surface area contributed by atoms with E-state index in [-0.39, 0.29) is 0 Å². The largest absolute Gasteiger partial charge is 0.378 e. The number of rotatable bonds is 4. The Morgan fingerprint density at radius 3 is 2.32 bits per heavy atom. The number of anilines is 1. The van der Waals surface area contributed by atoms with E-state index in [4.69, 9.17) is 14.5 Å². The molecular weight excluding hydrogens is 318 g/mol. The molecule has 3 rings (SSSR count). The van der Waals surface area contributed by atoms with Gasteiger partial charge in [-0.25, -0.2) is 15.0 Å². The van der Waals surface area contributed by atoms with Crippen LogP contribution in [0, 0.1) is 6.92 Å². The second-order valence-corrected chi connectivity index (χ2v) is 6.26. The summed E-state index contributed by atoms with van der Waals surface area (Å²) >= 11 is 0. The molecule has 0 aliphatic carbocycles. The molecule has 0 saturated carbocycles. The Morgan fingerprint density at radius 1 is 1.12 bits per heavy atom. The molecule has 7 nitrogen and oxygen atoms in total. The highest BCUT2D eigenvalue weighted by Crippen LogP contribution is 2.30. The van der Waals surface area contributed by atoms with Gasteiger partial charge in [0.05, 0.1) is 13.2 Å². The third-order valence-corrected chi connectivity index (χ3v) is 4.36. The lowest BCUT2D eigenvalue weighted by molar-refractivity contribution is 0.00903. The monoisotopic (exact) mass is 349 g/mol. The van der Waals surface area contributed by atoms with Crippen LogP contribution in [0.25, 0.3) is 11.2 Å². The summed E-state index contributed by atoms with van der Waals surface area (Å²) in [5.41, 5.74) is 1.24. The summed E-state index contributed by atoms with van der Waals surface area (Å²) in [4.78, 5) is 16.4. The van der Waals surface area contributed by atoms with Crippen LogP contribution in [-0.4, -0.2) is 52.9 Å². The predicted octanol–water partition coefficient (Wildman–Crippen LogP) is 2.90. The van der Waals surface area contributed by atoms with Gasteiger partial charge in [-0.1, -0.05) is 13.8 Å². The smallest absolute Gasteiger partial charge is 0.166 e. The minimum absolute atomic E-state index is 0.479. The van der Waals surface area contributed by atoms with Crippen molar-refractivity contribution in [1.29, 1.82) is 0 Å². The molecule has 0 amide bonds. The van der Waals surface area contributed by atoms with Gasteiger partial charge in [-0.05, 0) is 27.7 Å². The van der Waals surface area contributed by atoms with Crippen LogP contribution < -0.4 is 4.90 Å². The van der Waals surface area contributed by atoms with Gasteiger partial charge in [0.2, 0.25) is 0 Å². The average Bonchev–Trinajstić information content (AvgIpc) is 3.02. The van der Waals surface area contributed by atoms with Crippen molar-refractivity contribution < 1.29 is 9.47 Å². The first kappa shape index (κ1) is 19.6. The van der Waals surface area contributed by atoms with Crippen molar-refractivity contribution in [3.8, 4) is 0 Å². The van der Waals surface area contributed by atoms with Crippen molar-refractivity contribution in [3.05, 3.63) is 11.6 Å². The van der Waals surface area contributed by atoms with Gasteiger partial charge < -0.3 is 18.9 Å². The van der Waals surface area contributed by atoms with E-state index in [2.05, 4.69) is 26.4 Å². The number of hydrogen-bond acceptors (Lipinski definition) is 6. The Hall–Kier alpha value is -1.73. The van der Waals surface area contributed by atoms with E-state index in [0.29, 0.717) is 0 Å². The van der Waals surface area contributed by atoms with Gasteiger partial charge in [-0.3, -0.25) is 0 Å². The molecule has 140 valence electrons. The molecule has 1 aliphatic rings. The molecule has 0 radical (unpaired) electrons. The molecule has 0 spiro atoms. The summed E-state index contributed by atoms with van der Waals surface area (Å²) in [6.45, 7) is 16.0. The van der Waals surface area contributed by atoms with E-state index < -0.39 is 5.60 Å². The molecule has 1 saturated heterocycles. The minimum atomic E-state index is -0.479. The van der Waals surface area contributed by atoms with Crippen molar-refractivity contribution in [2.24, 2.45) is 0 Å². The van der Waals surface area contributed by atoms with Crippen LogP contribution in [0.1, 0.15) is 46.3 Å². The predicted molar refractivity (Wildman–Crippen MR) is 100 cm³/mol. The first-order valence-corrected chi connectivity index (χ1v) is 9.11. The van der Waals surface area contributed by atoms with Crippen molar-refractivity contribution >= 4 is 17.0 Å². The summed E-state index contributed by atoms with van der Waals surface area (Å²) in [6, 6.07) is 0. The number of aryl methyl sites for hydroxylation is 2. The number of hydrogen-bond donors (Lipinski definition) is 0. The second kappa shape index (κ2) is 8.10. The number of morpholine rings is 1. The van der Waals surface area contributed by atoms with E-state index >= 15 is 0 Å². The van der Waals surface area contributed by atoms with E-state index in [0.717, 1.165) is 61.5 Å². The van der Waals surface area contributed by atoms with Gasteiger partial charge in [0, 0.05) is 26.7 Å². The number of imidazole rings is 1. The fraction of sp³-hybridized carbons (Fsp3) is 0.722. The molecule has 0 bridgehead atoms. The Labute approximate surface area is 150 Å². The number of fused-ring (bicyclic) bond motifs is 1. The molecule has 1 fully saturated rings. The average molecular weight is 349 g/mol. The molecule has 3 heterocycles. The highest BCUT2D eigenvalue weighted by Gasteiger charge is 2.30. The zero-order chi connectivity index (χ0) is 18.6.